The van der Waals surface area contributed by atoms with Crippen LogP contribution in [0.1, 0.15) is 16.1 Å². The molecule has 2 rings (SSSR count). The summed E-state index contributed by atoms with van der Waals surface area (Å²) < 4.78 is 15.5. The fraction of sp³-hybridized carbons (Fsp3) is 0.200. The fourth-order valence-corrected chi connectivity index (χ4v) is 1.84. The van der Waals surface area contributed by atoms with Gasteiger partial charge >= 0.3 is 0 Å². The zero-order valence-electron chi connectivity index (χ0n) is 11.5. The SMILES string of the molecule is COc1ccc(C(=O)c2ncccc2OC)c(OC)c1. The Kier molecular flexibility index (Phi) is 4.20. The summed E-state index contributed by atoms with van der Waals surface area (Å²) in [5.41, 5.74) is 0.656. The topological polar surface area (TPSA) is 57.7 Å². The minimum Gasteiger partial charge on any atom is -0.497 e. The zero-order valence-corrected chi connectivity index (χ0v) is 11.5. The van der Waals surface area contributed by atoms with Crippen LogP contribution in [0.5, 0.6) is 17.2 Å². The molecule has 0 aliphatic rings. The van der Waals surface area contributed by atoms with Crippen molar-refractivity contribution in [2.24, 2.45) is 0 Å². The van der Waals surface area contributed by atoms with E-state index in [9.17, 15) is 4.79 Å². The predicted molar refractivity (Wildman–Crippen MR) is 73.8 cm³/mol. The highest BCUT2D eigenvalue weighted by molar-refractivity contribution is 6.11. The average molecular weight is 273 g/mol. The van der Waals surface area contributed by atoms with Crippen molar-refractivity contribution in [2.75, 3.05) is 21.3 Å². The second-order valence-corrected chi connectivity index (χ2v) is 3.95. The molecular weight excluding hydrogens is 258 g/mol. The first-order chi connectivity index (χ1) is 9.71. The van der Waals surface area contributed by atoms with E-state index < -0.39 is 0 Å². The highest BCUT2D eigenvalue weighted by Gasteiger charge is 2.20. The first-order valence-corrected chi connectivity index (χ1v) is 5.97. The number of ketones is 1. The first kappa shape index (κ1) is 13.9. The van der Waals surface area contributed by atoms with Crippen LogP contribution in [0.4, 0.5) is 0 Å². The van der Waals surface area contributed by atoms with Gasteiger partial charge in [0.25, 0.3) is 0 Å². The van der Waals surface area contributed by atoms with Crippen LogP contribution in [0.2, 0.25) is 0 Å². The highest BCUT2D eigenvalue weighted by Crippen LogP contribution is 2.28. The van der Waals surface area contributed by atoms with Gasteiger partial charge in [-0.2, -0.15) is 0 Å². The molecule has 0 aliphatic heterocycles. The minimum atomic E-state index is -0.262. The van der Waals surface area contributed by atoms with E-state index in [1.807, 2.05) is 0 Å². The lowest BCUT2D eigenvalue weighted by Gasteiger charge is -2.10. The molecule has 0 aliphatic carbocycles. The summed E-state index contributed by atoms with van der Waals surface area (Å²) >= 11 is 0. The van der Waals surface area contributed by atoms with Crippen molar-refractivity contribution in [2.45, 2.75) is 0 Å². The Labute approximate surface area is 117 Å². The monoisotopic (exact) mass is 273 g/mol. The van der Waals surface area contributed by atoms with Crippen LogP contribution in [-0.2, 0) is 0 Å². The number of ether oxygens (including phenoxy) is 3. The Bertz CT molecular complexity index is 625. The summed E-state index contributed by atoms with van der Waals surface area (Å²) in [6, 6.07) is 8.40. The quantitative estimate of drug-likeness (QED) is 0.783. The van der Waals surface area contributed by atoms with Crippen molar-refractivity contribution < 1.29 is 19.0 Å². The second kappa shape index (κ2) is 6.06. The Balaban J connectivity index is 2.48. The van der Waals surface area contributed by atoms with Gasteiger partial charge in [-0.05, 0) is 24.3 Å². The van der Waals surface area contributed by atoms with Crippen LogP contribution < -0.4 is 14.2 Å². The Morgan fingerprint density at radius 1 is 1.00 bits per heavy atom. The number of benzene rings is 1. The van der Waals surface area contributed by atoms with Gasteiger partial charge in [-0.25, -0.2) is 4.98 Å². The molecule has 5 heteroatoms. The van der Waals surface area contributed by atoms with Crippen molar-refractivity contribution in [3.63, 3.8) is 0 Å². The lowest BCUT2D eigenvalue weighted by molar-refractivity contribution is 0.102. The molecule has 0 saturated heterocycles. The molecule has 2 aromatic rings. The number of nitrogens with zero attached hydrogens (tertiary/aromatic N) is 1. The summed E-state index contributed by atoms with van der Waals surface area (Å²) in [5, 5.41) is 0. The van der Waals surface area contributed by atoms with E-state index in [0.717, 1.165) is 0 Å². The van der Waals surface area contributed by atoms with Crippen LogP contribution in [-0.4, -0.2) is 32.1 Å². The third kappa shape index (κ3) is 2.56. The molecule has 1 aromatic carbocycles. The van der Waals surface area contributed by atoms with Gasteiger partial charge < -0.3 is 14.2 Å². The van der Waals surface area contributed by atoms with Crippen molar-refractivity contribution in [1.29, 1.82) is 0 Å². The number of rotatable bonds is 5. The van der Waals surface area contributed by atoms with Gasteiger partial charge in [-0.3, -0.25) is 4.79 Å². The van der Waals surface area contributed by atoms with Crippen molar-refractivity contribution in [3.05, 3.63) is 47.8 Å². The smallest absolute Gasteiger partial charge is 0.218 e. The Morgan fingerprint density at radius 2 is 1.75 bits per heavy atom. The lowest BCUT2D eigenvalue weighted by atomic mass is 10.1. The Morgan fingerprint density at radius 3 is 2.40 bits per heavy atom. The fourth-order valence-electron chi connectivity index (χ4n) is 1.84. The number of methoxy groups -OCH3 is 3. The molecule has 1 aromatic heterocycles. The maximum atomic E-state index is 12.5. The molecule has 1 heterocycles. The van der Waals surface area contributed by atoms with Gasteiger partial charge in [-0.15, -0.1) is 0 Å². The molecule has 0 radical (unpaired) electrons. The summed E-state index contributed by atoms with van der Waals surface area (Å²) in [6.45, 7) is 0. The van der Waals surface area contributed by atoms with Crippen LogP contribution in [0.3, 0.4) is 0 Å². The number of hydrogen-bond acceptors (Lipinski definition) is 5. The molecule has 20 heavy (non-hydrogen) atoms. The van der Waals surface area contributed by atoms with Gasteiger partial charge in [0, 0.05) is 12.3 Å². The lowest BCUT2D eigenvalue weighted by Crippen LogP contribution is -2.08. The molecule has 0 fully saturated rings. The van der Waals surface area contributed by atoms with Crippen LogP contribution in [0, 0.1) is 0 Å². The largest absolute Gasteiger partial charge is 0.497 e. The van der Waals surface area contributed by atoms with E-state index in [4.69, 9.17) is 14.2 Å². The summed E-state index contributed by atoms with van der Waals surface area (Å²) in [5.74, 6) is 1.21. The minimum absolute atomic E-state index is 0.249. The number of carbonyl (C=O) groups is 1. The molecule has 104 valence electrons. The third-order valence-corrected chi connectivity index (χ3v) is 2.86. The number of hydrogen-bond donors (Lipinski definition) is 0. The molecule has 0 atom stereocenters. The molecule has 0 unspecified atom stereocenters. The zero-order chi connectivity index (χ0) is 14.5. The molecule has 0 saturated carbocycles. The highest BCUT2D eigenvalue weighted by atomic mass is 16.5. The maximum Gasteiger partial charge on any atom is 0.218 e. The number of carbonyl (C=O) groups excluding carboxylic acids is 1. The third-order valence-electron chi connectivity index (χ3n) is 2.86. The van der Waals surface area contributed by atoms with Crippen molar-refractivity contribution in [1.82, 2.24) is 4.98 Å². The predicted octanol–water partition coefficient (Wildman–Crippen LogP) is 2.34. The van der Waals surface area contributed by atoms with Crippen LogP contribution in [0.15, 0.2) is 36.5 Å². The second-order valence-electron chi connectivity index (χ2n) is 3.95. The summed E-state index contributed by atoms with van der Waals surface area (Å²) in [6.07, 6.45) is 1.55. The number of aromatic nitrogens is 1. The van der Waals surface area contributed by atoms with E-state index in [1.165, 1.54) is 14.2 Å². The van der Waals surface area contributed by atoms with E-state index in [-0.39, 0.29) is 11.5 Å². The van der Waals surface area contributed by atoms with Gasteiger partial charge in [-0.1, -0.05) is 0 Å². The molecule has 0 amide bonds. The standard InChI is InChI=1S/C15H15NO4/c1-18-10-6-7-11(13(9-10)20-3)15(17)14-12(19-2)5-4-8-16-14/h4-9H,1-3H3. The Hall–Kier alpha value is -2.56. The van der Waals surface area contributed by atoms with E-state index in [0.29, 0.717) is 22.8 Å². The van der Waals surface area contributed by atoms with Gasteiger partial charge in [0.1, 0.15) is 17.2 Å². The maximum absolute atomic E-state index is 12.5. The molecule has 0 bridgehead atoms. The van der Waals surface area contributed by atoms with E-state index in [2.05, 4.69) is 4.98 Å². The summed E-state index contributed by atoms with van der Waals surface area (Å²) in [7, 11) is 4.55. The van der Waals surface area contributed by atoms with Gasteiger partial charge in [0.05, 0.1) is 26.9 Å². The summed E-state index contributed by atoms with van der Waals surface area (Å²) in [4.78, 5) is 16.6. The van der Waals surface area contributed by atoms with Gasteiger partial charge in [0.15, 0.2) is 5.69 Å². The number of pyridine rings is 1. The molecular formula is C15H15NO4. The normalized spacial score (nSPS) is 9.95. The molecule has 0 N–H and O–H groups in total. The molecule has 5 nitrogen and oxygen atoms in total. The average Bonchev–Trinajstić information content (AvgIpc) is 2.53. The first-order valence-electron chi connectivity index (χ1n) is 5.97. The molecule has 0 spiro atoms. The van der Waals surface area contributed by atoms with Crippen molar-refractivity contribution in [3.8, 4) is 17.2 Å². The van der Waals surface area contributed by atoms with Gasteiger partial charge in [0.2, 0.25) is 5.78 Å². The van der Waals surface area contributed by atoms with Crippen LogP contribution >= 0.6 is 0 Å². The van der Waals surface area contributed by atoms with E-state index >= 15 is 0 Å². The van der Waals surface area contributed by atoms with Crippen LogP contribution in [0.25, 0.3) is 0 Å². The van der Waals surface area contributed by atoms with Crippen molar-refractivity contribution >= 4 is 5.78 Å². The van der Waals surface area contributed by atoms with E-state index in [1.54, 1.807) is 43.6 Å².